The standard InChI is InChI=1S/C23H27NO6/c1-15(22(26)24-13-17-8-5-6-10-18(17)27-4)29-20(25)14-28-19-11-7-9-16-12-23(2,3)30-21(16)19/h5-11,15H,12-14H2,1-4H3,(H,24,26). The van der Waals surface area contributed by atoms with Gasteiger partial charge in [0, 0.05) is 24.1 Å². The zero-order valence-corrected chi connectivity index (χ0v) is 17.7. The summed E-state index contributed by atoms with van der Waals surface area (Å²) in [7, 11) is 1.57. The SMILES string of the molecule is COc1ccccc1CNC(=O)C(C)OC(=O)COc1cccc2c1OC(C)(C)C2. The number of methoxy groups -OCH3 is 1. The fraction of sp³-hybridized carbons (Fsp3) is 0.391. The van der Waals surface area contributed by atoms with Crippen molar-refractivity contribution >= 4 is 11.9 Å². The molecule has 7 nitrogen and oxygen atoms in total. The lowest BCUT2D eigenvalue weighted by molar-refractivity contribution is -0.156. The van der Waals surface area contributed by atoms with Crippen molar-refractivity contribution in [1.29, 1.82) is 0 Å². The summed E-state index contributed by atoms with van der Waals surface area (Å²) in [6, 6.07) is 13.0. The number of benzene rings is 2. The third-order valence-corrected chi connectivity index (χ3v) is 4.72. The molecular formula is C23H27NO6. The van der Waals surface area contributed by atoms with Gasteiger partial charge in [0.05, 0.1) is 7.11 Å². The van der Waals surface area contributed by atoms with Gasteiger partial charge in [-0.25, -0.2) is 4.79 Å². The van der Waals surface area contributed by atoms with E-state index < -0.39 is 18.0 Å². The Morgan fingerprint density at radius 2 is 1.87 bits per heavy atom. The van der Waals surface area contributed by atoms with Crippen molar-refractivity contribution < 1.29 is 28.5 Å². The number of carbonyl (C=O) groups is 2. The average Bonchev–Trinajstić information content (AvgIpc) is 3.04. The van der Waals surface area contributed by atoms with Gasteiger partial charge in [-0.2, -0.15) is 0 Å². The van der Waals surface area contributed by atoms with Crippen LogP contribution in [0.3, 0.4) is 0 Å². The van der Waals surface area contributed by atoms with E-state index >= 15 is 0 Å². The van der Waals surface area contributed by atoms with E-state index in [0.29, 0.717) is 17.2 Å². The molecule has 3 rings (SSSR count). The first-order chi connectivity index (χ1) is 14.3. The van der Waals surface area contributed by atoms with E-state index in [2.05, 4.69) is 5.32 Å². The zero-order chi connectivity index (χ0) is 21.7. The Bertz CT molecular complexity index is 924. The third kappa shape index (κ3) is 5.23. The first-order valence-electron chi connectivity index (χ1n) is 9.82. The molecule has 30 heavy (non-hydrogen) atoms. The van der Waals surface area contributed by atoms with E-state index in [1.54, 1.807) is 13.2 Å². The van der Waals surface area contributed by atoms with E-state index in [1.807, 2.05) is 50.2 Å². The lowest BCUT2D eigenvalue weighted by atomic mass is 10.0. The molecule has 1 unspecified atom stereocenters. The summed E-state index contributed by atoms with van der Waals surface area (Å²) in [6.45, 7) is 5.46. The minimum atomic E-state index is -0.951. The van der Waals surface area contributed by atoms with Crippen LogP contribution in [0.1, 0.15) is 31.9 Å². The summed E-state index contributed by atoms with van der Waals surface area (Å²) < 4.78 is 22.0. The number of rotatable bonds is 8. The van der Waals surface area contributed by atoms with Crippen LogP contribution in [0.2, 0.25) is 0 Å². The molecule has 0 bridgehead atoms. The molecule has 0 aromatic heterocycles. The molecule has 0 aliphatic carbocycles. The van der Waals surface area contributed by atoms with Gasteiger partial charge < -0.3 is 24.3 Å². The van der Waals surface area contributed by atoms with E-state index in [9.17, 15) is 9.59 Å². The Hall–Kier alpha value is -3.22. The maximum absolute atomic E-state index is 12.3. The van der Waals surface area contributed by atoms with Gasteiger partial charge in [-0.05, 0) is 32.9 Å². The smallest absolute Gasteiger partial charge is 0.344 e. The number of ether oxygens (including phenoxy) is 4. The normalized spacial score (nSPS) is 14.8. The molecule has 160 valence electrons. The second kappa shape index (κ2) is 9.07. The molecule has 1 amide bonds. The molecule has 1 N–H and O–H groups in total. The topological polar surface area (TPSA) is 83.1 Å². The molecule has 1 aliphatic rings. The first kappa shape index (κ1) is 21.5. The Morgan fingerprint density at radius 1 is 1.13 bits per heavy atom. The fourth-order valence-electron chi connectivity index (χ4n) is 3.30. The van der Waals surface area contributed by atoms with E-state index in [-0.39, 0.29) is 18.8 Å². The van der Waals surface area contributed by atoms with Crippen molar-refractivity contribution in [3.8, 4) is 17.2 Å². The minimum absolute atomic E-state index is 0.268. The predicted octanol–water partition coefficient (Wildman–Crippen LogP) is 3.04. The minimum Gasteiger partial charge on any atom is -0.496 e. The van der Waals surface area contributed by atoms with Gasteiger partial charge in [-0.15, -0.1) is 0 Å². The number of carbonyl (C=O) groups excluding carboxylic acids is 2. The molecular weight excluding hydrogens is 386 g/mol. The first-order valence-corrected chi connectivity index (χ1v) is 9.82. The van der Waals surface area contributed by atoms with Crippen LogP contribution in [0.25, 0.3) is 0 Å². The number of esters is 1. The zero-order valence-electron chi connectivity index (χ0n) is 17.7. The Morgan fingerprint density at radius 3 is 2.63 bits per heavy atom. The predicted molar refractivity (Wildman–Crippen MR) is 111 cm³/mol. The molecule has 2 aromatic rings. The molecule has 1 atom stereocenters. The molecule has 2 aromatic carbocycles. The number of para-hydroxylation sites is 2. The maximum Gasteiger partial charge on any atom is 0.344 e. The number of hydrogen-bond acceptors (Lipinski definition) is 6. The number of amides is 1. The van der Waals surface area contributed by atoms with Crippen molar-refractivity contribution in [1.82, 2.24) is 5.32 Å². The number of nitrogens with one attached hydrogen (secondary N) is 1. The Labute approximate surface area is 176 Å². The summed E-state index contributed by atoms with van der Waals surface area (Å²) >= 11 is 0. The average molecular weight is 413 g/mol. The lowest BCUT2D eigenvalue weighted by Gasteiger charge is -2.18. The van der Waals surface area contributed by atoms with Gasteiger partial charge in [0.1, 0.15) is 11.4 Å². The van der Waals surface area contributed by atoms with Gasteiger partial charge >= 0.3 is 5.97 Å². The van der Waals surface area contributed by atoms with Crippen molar-refractivity contribution in [3.05, 3.63) is 53.6 Å². The highest BCUT2D eigenvalue weighted by atomic mass is 16.6. The lowest BCUT2D eigenvalue weighted by Crippen LogP contribution is -2.36. The summed E-state index contributed by atoms with van der Waals surface area (Å²) in [5.74, 6) is 0.780. The highest BCUT2D eigenvalue weighted by molar-refractivity contribution is 5.83. The van der Waals surface area contributed by atoms with Crippen LogP contribution >= 0.6 is 0 Å². The monoisotopic (exact) mass is 413 g/mol. The van der Waals surface area contributed by atoms with Crippen molar-refractivity contribution in [3.63, 3.8) is 0 Å². The molecule has 0 radical (unpaired) electrons. The maximum atomic E-state index is 12.3. The van der Waals surface area contributed by atoms with Crippen LogP contribution < -0.4 is 19.5 Å². The van der Waals surface area contributed by atoms with Gasteiger partial charge in [0.25, 0.3) is 5.91 Å². The number of fused-ring (bicyclic) bond motifs is 1. The van der Waals surface area contributed by atoms with Crippen LogP contribution in [-0.4, -0.2) is 37.3 Å². The van der Waals surface area contributed by atoms with Crippen LogP contribution in [0.15, 0.2) is 42.5 Å². The highest BCUT2D eigenvalue weighted by Crippen LogP contribution is 2.41. The van der Waals surface area contributed by atoms with Crippen LogP contribution in [-0.2, 0) is 27.3 Å². The van der Waals surface area contributed by atoms with Crippen LogP contribution in [0.5, 0.6) is 17.2 Å². The van der Waals surface area contributed by atoms with E-state index in [4.69, 9.17) is 18.9 Å². The summed E-state index contributed by atoms with van der Waals surface area (Å²) in [5, 5.41) is 2.74. The molecule has 7 heteroatoms. The Kier molecular flexibility index (Phi) is 6.50. The second-order valence-corrected chi connectivity index (χ2v) is 7.73. The summed E-state index contributed by atoms with van der Waals surface area (Å²) in [4.78, 5) is 24.4. The highest BCUT2D eigenvalue weighted by Gasteiger charge is 2.32. The van der Waals surface area contributed by atoms with Gasteiger partial charge in [0.15, 0.2) is 24.2 Å². The van der Waals surface area contributed by atoms with E-state index in [0.717, 1.165) is 17.5 Å². The largest absolute Gasteiger partial charge is 0.496 e. The molecule has 1 aliphatic heterocycles. The second-order valence-electron chi connectivity index (χ2n) is 7.73. The molecule has 0 saturated heterocycles. The van der Waals surface area contributed by atoms with Gasteiger partial charge in [0.2, 0.25) is 0 Å². The molecule has 0 saturated carbocycles. The van der Waals surface area contributed by atoms with Crippen LogP contribution in [0.4, 0.5) is 0 Å². The molecule has 0 spiro atoms. The van der Waals surface area contributed by atoms with Crippen LogP contribution in [0, 0.1) is 0 Å². The molecule has 0 fully saturated rings. The van der Waals surface area contributed by atoms with Crippen molar-refractivity contribution in [2.45, 2.75) is 45.4 Å². The van der Waals surface area contributed by atoms with Gasteiger partial charge in [-0.3, -0.25) is 4.79 Å². The van der Waals surface area contributed by atoms with Gasteiger partial charge in [-0.1, -0.05) is 30.3 Å². The molecule has 1 heterocycles. The van der Waals surface area contributed by atoms with Crippen molar-refractivity contribution in [2.24, 2.45) is 0 Å². The third-order valence-electron chi connectivity index (χ3n) is 4.72. The van der Waals surface area contributed by atoms with Crippen molar-refractivity contribution in [2.75, 3.05) is 13.7 Å². The summed E-state index contributed by atoms with van der Waals surface area (Å²) in [6.07, 6.45) is -0.180. The fourth-order valence-corrected chi connectivity index (χ4v) is 3.30. The Balaban J connectivity index is 1.48. The summed E-state index contributed by atoms with van der Waals surface area (Å²) in [5.41, 5.74) is 1.56. The quantitative estimate of drug-likeness (QED) is 0.670. The van der Waals surface area contributed by atoms with E-state index in [1.165, 1.54) is 6.92 Å². The number of hydrogen-bond donors (Lipinski definition) is 1.